The van der Waals surface area contributed by atoms with Gasteiger partial charge in [0.25, 0.3) is 0 Å². The second kappa shape index (κ2) is 4.40. The Morgan fingerprint density at radius 1 is 1.50 bits per heavy atom. The highest BCUT2D eigenvalue weighted by Crippen LogP contribution is 2.16. The highest BCUT2D eigenvalue weighted by molar-refractivity contribution is 5.18. The van der Waals surface area contributed by atoms with Gasteiger partial charge in [0.1, 0.15) is 11.9 Å². The average molecular weight is 221 g/mol. The third kappa shape index (κ3) is 2.25. The van der Waals surface area contributed by atoms with Crippen molar-refractivity contribution < 1.29 is 9.50 Å². The highest BCUT2D eigenvalue weighted by Gasteiger charge is 2.13. The number of hydrogen-bond acceptors (Lipinski definition) is 3. The second-order valence-corrected chi connectivity index (χ2v) is 3.63. The van der Waals surface area contributed by atoms with Gasteiger partial charge in [-0.05, 0) is 17.7 Å². The van der Waals surface area contributed by atoms with Gasteiger partial charge in [-0.25, -0.2) is 9.07 Å². The van der Waals surface area contributed by atoms with E-state index < -0.39 is 6.10 Å². The van der Waals surface area contributed by atoms with Gasteiger partial charge in [-0.3, -0.25) is 0 Å². The molecule has 0 amide bonds. The maximum absolute atomic E-state index is 12.9. The van der Waals surface area contributed by atoms with E-state index in [1.807, 2.05) is 0 Å². The maximum Gasteiger partial charge on any atom is 0.123 e. The van der Waals surface area contributed by atoms with E-state index in [1.165, 1.54) is 23.0 Å². The minimum atomic E-state index is -0.721. The normalized spacial score (nSPS) is 12.7. The molecule has 0 saturated carbocycles. The summed E-state index contributed by atoms with van der Waals surface area (Å²) in [6, 6.07) is 6.18. The molecule has 84 valence electrons. The summed E-state index contributed by atoms with van der Waals surface area (Å²) >= 11 is 0. The number of hydrogen-bond donors (Lipinski definition) is 1. The largest absolute Gasteiger partial charge is 0.386 e. The van der Waals surface area contributed by atoms with Crippen molar-refractivity contribution in [2.75, 3.05) is 0 Å². The van der Waals surface area contributed by atoms with Crippen LogP contribution in [0.5, 0.6) is 0 Å². The fourth-order valence-corrected chi connectivity index (χ4v) is 1.59. The number of aliphatic hydroxyl groups excluding tert-OH is 1. The van der Waals surface area contributed by atoms with E-state index in [-0.39, 0.29) is 5.82 Å². The van der Waals surface area contributed by atoms with Crippen LogP contribution in [0.2, 0.25) is 0 Å². The molecule has 1 unspecified atom stereocenters. The van der Waals surface area contributed by atoms with Crippen LogP contribution >= 0.6 is 0 Å². The quantitative estimate of drug-likeness (QED) is 0.848. The summed E-state index contributed by atoms with van der Waals surface area (Å²) in [6.07, 6.45) is 1.13. The van der Waals surface area contributed by atoms with Crippen molar-refractivity contribution in [3.63, 3.8) is 0 Å². The van der Waals surface area contributed by atoms with Crippen molar-refractivity contribution >= 4 is 0 Å². The molecule has 0 spiro atoms. The van der Waals surface area contributed by atoms with E-state index in [0.29, 0.717) is 12.1 Å². The summed E-state index contributed by atoms with van der Waals surface area (Å²) in [5.41, 5.74) is 1.36. The highest BCUT2D eigenvalue weighted by atomic mass is 19.1. The van der Waals surface area contributed by atoms with Gasteiger partial charge in [0.15, 0.2) is 0 Å². The van der Waals surface area contributed by atoms with Crippen molar-refractivity contribution in [2.45, 2.75) is 12.5 Å². The molecule has 1 N–H and O–H groups in total. The second-order valence-electron chi connectivity index (χ2n) is 3.63. The predicted molar refractivity (Wildman–Crippen MR) is 56.1 cm³/mol. The van der Waals surface area contributed by atoms with Crippen molar-refractivity contribution in [1.29, 1.82) is 0 Å². The lowest BCUT2D eigenvalue weighted by molar-refractivity contribution is 0.168. The average Bonchev–Trinajstić information content (AvgIpc) is 2.64. The Bertz CT molecular complexity index is 484. The van der Waals surface area contributed by atoms with E-state index in [0.717, 1.165) is 5.56 Å². The molecule has 4 nitrogen and oxygen atoms in total. The first-order valence-electron chi connectivity index (χ1n) is 4.94. The van der Waals surface area contributed by atoms with Crippen molar-refractivity contribution in [3.05, 3.63) is 47.5 Å². The van der Waals surface area contributed by atoms with Crippen molar-refractivity contribution in [3.8, 4) is 0 Å². The SMILES string of the molecule is Cn1nncc1C(O)Cc1cccc(F)c1. The zero-order valence-corrected chi connectivity index (χ0v) is 8.84. The van der Waals surface area contributed by atoms with Gasteiger partial charge in [-0.1, -0.05) is 17.3 Å². The minimum absolute atomic E-state index is 0.298. The van der Waals surface area contributed by atoms with E-state index >= 15 is 0 Å². The standard InChI is InChI=1S/C11H12FN3O/c1-15-10(7-13-14-15)11(16)6-8-3-2-4-9(12)5-8/h2-5,7,11,16H,6H2,1H3. The summed E-state index contributed by atoms with van der Waals surface area (Å²) in [7, 11) is 1.71. The molecule has 1 aromatic heterocycles. The first kappa shape index (κ1) is 10.8. The smallest absolute Gasteiger partial charge is 0.123 e. The molecule has 0 radical (unpaired) electrons. The molecule has 0 bridgehead atoms. The third-order valence-corrected chi connectivity index (χ3v) is 2.41. The van der Waals surface area contributed by atoms with Gasteiger partial charge < -0.3 is 5.11 Å². The Balaban J connectivity index is 2.14. The van der Waals surface area contributed by atoms with Crippen LogP contribution in [0.1, 0.15) is 17.4 Å². The molecule has 0 aliphatic heterocycles. The van der Waals surface area contributed by atoms with Crippen LogP contribution in [0.3, 0.4) is 0 Å². The number of halogens is 1. The summed E-state index contributed by atoms with van der Waals surface area (Å²) < 4.78 is 14.4. The number of nitrogens with zero attached hydrogens (tertiary/aromatic N) is 3. The Hall–Kier alpha value is -1.75. The van der Waals surface area contributed by atoms with Crippen molar-refractivity contribution in [1.82, 2.24) is 15.0 Å². The molecule has 1 aromatic carbocycles. The van der Waals surface area contributed by atoms with Gasteiger partial charge in [-0.2, -0.15) is 0 Å². The molecule has 2 aromatic rings. The van der Waals surface area contributed by atoms with E-state index in [1.54, 1.807) is 19.2 Å². The molecule has 16 heavy (non-hydrogen) atoms. The Labute approximate surface area is 92.3 Å². The fraction of sp³-hybridized carbons (Fsp3) is 0.273. The van der Waals surface area contributed by atoms with Gasteiger partial charge >= 0.3 is 0 Å². The zero-order valence-electron chi connectivity index (χ0n) is 8.84. The van der Waals surface area contributed by atoms with E-state index in [9.17, 15) is 9.50 Å². The number of aliphatic hydroxyl groups is 1. The Kier molecular flexibility index (Phi) is 2.96. The molecule has 5 heteroatoms. The van der Waals surface area contributed by atoms with Crippen LogP contribution in [-0.4, -0.2) is 20.1 Å². The molecule has 0 saturated heterocycles. The Morgan fingerprint density at radius 2 is 2.31 bits per heavy atom. The molecular formula is C11H12FN3O. The predicted octanol–water partition coefficient (Wildman–Crippen LogP) is 1.23. The maximum atomic E-state index is 12.9. The van der Waals surface area contributed by atoms with Crippen LogP contribution in [-0.2, 0) is 13.5 Å². The number of aromatic nitrogens is 3. The van der Waals surface area contributed by atoms with Crippen molar-refractivity contribution in [2.24, 2.45) is 7.05 Å². The van der Waals surface area contributed by atoms with Crippen LogP contribution in [0.4, 0.5) is 4.39 Å². The van der Waals surface area contributed by atoms with Gasteiger partial charge in [0.2, 0.25) is 0 Å². The molecule has 1 heterocycles. The van der Waals surface area contributed by atoms with Crippen LogP contribution < -0.4 is 0 Å². The molecule has 0 aliphatic rings. The summed E-state index contributed by atoms with van der Waals surface area (Å²) in [6.45, 7) is 0. The van der Waals surface area contributed by atoms with Crippen LogP contribution in [0.15, 0.2) is 30.5 Å². The summed E-state index contributed by atoms with van der Waals surface area (Å²) in [5.74, 6) is -0.298. The molecular weight excluding hydrogens is 209 g/mol. The summed E-state index contributed by atoms with van der Waals surface area (Å²) in [4.78, 5) is 0. The lowest BCUT2D eigenvalue weighted by Crippen LogP contribution is -2.08. The number of rotatable bonds is 3. The molecule has 2 rings (SSSR count). The monoisotopic (exact) mass is 221 g/mol. The molecule has 0 aliphatic carbocycles. The van der Waals surface area contributed by atoms with E-state index in [2.05, 4.69) is 10.3 Å². The first-order valence-corrected chi connectivity index (χ1v) is 4.94. The van der Waals surface area contributed by atoms with Crippen LogP contribution in [0, 0.1) is 5.82 Å². The van der Waals surface area contributed by atoms with Crippen LogP contribution in [0.25, 0.3) is 0 Å². The topological polar surface area (TPSA) is 50.9 Å². The lowest BCUT2D eigenvalue weighted by atomic mass is 10.1. The molecule has 0 fully saturated rings. The Morgan fingerprint density at radius 3 is 2.94 bits per heavy atom. The van der Waals surface area contributed by atoms with Gasteiger partial charge in [-0.15, -0.1) is 5.10 Å². The summed E-state index contributed by atoms with van der Waals surface area (Å²) in [5, 5.41) is 17.3. The van der Waals surface area contributed by atoms with E-state index in [4.69, 9.17) is 0 Å². The molecule has 1 atom stereocenters. The van der Waals surface area contributed by atoms with Gasteiger partial charge in [0.05, 0.1) is 11.9 Å². The third-order valence-electron chi connectivity index (χ3n) is 2.41. The number of benzene rings is 1. The minimum Gasteiger partial charge on any atom is -0.386 e. The first-order chi connectivity index (χ1) is 7.66. The number of aryl methyl sites for hydroxylation is 1. The fourth-order valence-electron chi connectivity index (χ4n) is 1.59. The lowest BCUT2D eigenvalue weighted by Gasteiger charge is -2.09. The van der Waals surface area contributed by atoms with Gasteiger partial charge in [0, 0.05) is 13.5 Å². The zero-order chi connectivity index (χ0) is 11.5.